The first kappa shape index (κ1) is 14.2. The molecule has 0 unspecified atom stereocenters. The first-order valence-corrected chi connectivity index (χ1v) is 6.04. The van der Waals surface area contributed by atoms with E-state index in [0.29, 0.717) is 19.3 Å². The zero-order chi connectivity index (χ0) is 13.5. The Morgan fingerprint density at radius 1 is 1.61 bits per heavy atom. The molecule has 6 heteroatoms. The number of allylic oxidation sites excluding steroid dienone is 1. The number of primary amides is 1. The van der Waals surface area contributed by atoms with Gasteiger partial charge in [-0.05, 0) is 25.7 Å². The van der Waals surface area contributed by atoms with Crippen LogP contribution in [0.2, 0.25) is 0 Å². The Morgan fingerprint density at radius 3 is 2.83 bits per heavy atom. The smallest absolute Gasteiger partial charge is 0.243 e. The number of nitrogens with two attached hydrogens (primary N) is 1. The highest BCUT2D eigenvalue weighted by atomic mass is 16.2. The van der Waals surface area contributed by atoms with Gasteiger partial charge < -0.3 is 16.4 Å². The van der Waals surface area contributed by atoms with Crippen LogP contribution < -0.4 is 16.4 Å². The lowest BCUT2D eigenvalue weighted by Crippen LogP contribution is -2.50. The van der Waals surface area contributed by atoms with E-state index in [4.69, 9.17) is 5.73 Å². The molecular formula is C12H19N3O3. The second-order valence-electron chi connectivity index (χ2n) is 4.34. The molecule has 0 spiro atoms. The van der Waals surface area contributed by atoms with Gasteiger partial charge in [0.1, 0.15) is 12.1 Å². The average Bonchev–Trinajstić information content (AvgIpc) is 2.74. The third-order valence-electron chi connectivity index (χ3n) is 2.87. The molecule has 1 aliphatic rings. The van der Waals surface area contributed by atoms with E-state index in [9.17, 15) is 14.4 Å². The lowest BCUT2D eigenvalue weighted by atomic mass is 10.1. The number of carbonyl (C=O) groups excluding carboxylic acids is 3. The normalized spacial score (nSPS) is 20.0. The summed E-state index contributed by atoms with van der Waals surface area (Å²) in [6, 6.07) is -1.23. The van der Waals surface area contributed by atoms with Crippen molar-refractivity contribution < 1.29 is 14.4 Å². The summed E-state index contributed by atoms with van der Waals surface area (Å²) in [6.45, 7) is 3.58. The highest BCUT2D eigenvalue weighted by molar-refractivity contribution is 5.93. The van der Waals surface area contributed by atoms with Crippen LogP contribution in [0.25, 0.3) is 0 Å². The second kappa shape index (κ2) is 6.78. The minimum Gasteiger partial charge on any atom is -0.368 e. The summed E-state index contributed by atoms with van der Waals surface area (Å²) in [4.78, 5) is 34.0. The summed E-state index contributed by atoms with van der Waals surface area (Å²) in [5.74, 6) is -1.04. The molecule has 1 rings (SSSR count). The van der Waals surface area contributed by atoms with Crippen LogP contribution in [0.4, 0.5) is 0 Å². The van der Waals surface area contributed by atoms with Crippen molar-refractivity contribution in [3.63, 3.8) is 0 Å². The summed E-state index contributed by atoms with van der Waals surface area (Å²) < 4.78 is 0. The lowest BCUT2D eigenvalue weighted by molar-refractivity contribution is -0.129. The molecule has 4 N–H and O–H groups in total. The van der Waals surface area contributed by atoms with Crippen LogP contribution >= 0.6 is 0 Å². The highest BCUT2D eigenvalue weighted by Crippen LogP contribution is 2.08. The molecule has 2 atom stereocenters. The number of unbranched alkanes of at least 4 members (excludes halogenated alkanes) is 1. The van der Waals surface area contributed by atoms with Gasteiger partial charge in [-0.2, -0.15) is 0 Å². The minimum absolute atomic E-state index is 0.141. The summed E-state index contributed by atoms with van der Waals surface area (Å²) in [5.41, 5.74) is 5.23. The molecule has 0 bridgehead atoms. The number of rotatable bonds is 7. The van der Waals surface area contributed by atoms with Crippen LogP contribution in [0.3, 0.4) is 0 Å². The molecule has 1 saturated heterocycles. The van der Waals surface area contributed by atoms with E-state index in [1.54, 1.807) is 6.08 Å². The van der Waals surface area contributed by atoms with Gasteiger partial charge in [-0.3, -0.25) is 14.4 Å². The van der Waals surface area contributed by atoms with Gasteiger partial charge in [-0.25, -0.2) is 0 Å². The zero-order valence-electron chi connectivity index (χ0n) is 10.3. The van der Waals surface area contributed by atoms with Crippen molar-refractivity contribution in [2.45, 2.75) is 44.2 Å². The molecule has 0 aromatic rings. The van der Waals surface area contributed by atoms with E-state index in [-0.39, 0.29) is 11.8 Å². The number of nitrogens with one attached hydrogen (secondary N) is 2. The maximum atomic E-state index is 11.8. The standard InChI is InChI=1S/C12H19N3O3/c1-2-3-4-5-8(11(13)17)15-12(18)9-6-7-10(16)14-9/h2,8-9H,1,3-7H2,(H2,13,17)(H,14,16)(H,15,18)/t8-,9+/m1/s1. The molecule has 0 radical (unpaired) electrons. The third kappa shape index (κ3) is 4.20. The SMILES string of the molecule is C=CCCC[C@@H](NC(=O)[C@@H]1CCC(=O)N1)C(N)=O. The molecule has 1 fully saturated rings. The van der Waals surface area contributed by atoms with E-state index in [2.05, 4.69) is 17.2 Å². The lowest BCUT2D eigenvalue weighted by Gasteiger charge is -2.17. The zero-order valence-corrected chi connectivity index (χ0v) is 10.3. The number of hydrogen-bond donors (Lipinski definition) is 3. The molecule has 3 amide bonds. The molecule has 1 heterocycles. The molecular weight excluding hydrogens is 234 g/mol. The minimum atomic E-state index is -0.685. The summed E-state index contributed by atoms with van der Waals surface area (Å²) in [5, 5.41) is 5.12. The van der Waals surface area contributed by atoms with Crippen molar-refractivity contribution in [2.24, 2.45) is 5.73 Å². The van der Waals surface area contributed by atoms with Gasteiger partial charge in [0.2, 0.25) is 17.7 Å². The maximum absolute atomic E-state index is 11.8. The fraction of sp³-hybridized carbons (Fsp3) is 0.583. The average molecular weight is 253 g/mol. The maximum Gasteiger partial charge on any atom is 0.243 e. The van der Waals surface area contributed by atoms with Crippen molar-refractivity contribution in [3.05, 3.63) is 12.7 Å². The Bertz CT molecular complexity index is 354. The Labute approximate surface area is 106 Å². The molecule has 0 aliphatic carbocycles. The fourth-order valence-corrected chi connectivity index (χ4v) is 1.83. The highest BCUT2D eigenvalue weighted by Gasteiger charge is 2.29. The van der Waals surface area contributed by atoms with E-state index in [1.807, 2.05) is 0 Å². The van der Waals surface area contributed by atoms with Crippen LogP contribution in [0.5, 0.6) is 0 Å². The van der Waals surface area contributed by atoms with Crippen LogP contribution in [-0.2, 0) is 14.4 Å². The topological polar surface area (TPSA) is 101 Å². The molecule has 6 nitrogen and oxygen atoms in total. The molecule has 0 saturated carbocycles. The van der Waals surface area contributed by atoms with Crippen LogP contribution in [0.15, 0.2) is 12.7 Å². The molecule has 18 heavy (non-hydrogen) atoms. The number of amides is 3. The first-order valence-electron chi connectivity index (χ1n) is 6.04. The Balaban J connectivity index is 2.44. The fourth-order valence-electron chi connectivity index (χ4n) is 1.83. The van der Waals surface area contributed by atoms with Crippen molar-refractivity contribution in [2.75, 3.05) is 0 Å². The van der Waals surface area contributed by atoms with Crippen LogP contribution in [-0.4, -0.2) is 29.8 Å². The number of hydrogen-bond acceptors (Lipinski definition) is 3. The Morgan fingerprint density at radius 2 is 2.33 bits per heavy atom. The Hall–Kier alpha value is -1.85. The van der Waals surface area contributed by atoms with E-state index < -0.39 is 18.0 Å². The monoisotopic (exact) mass is 253 g/mol. The third-order valence-corrected chi connectivity index (χ3v) is 2.87. The van der Waals surface area contributed by atoms with Gasteiger partial charge in [-0.1, -0.05) is 6.08 Å². The van der Waals surface area contributed by atoms with E-state index >= 15 is 0 Å². The Kier molecular flexibility index (Phi) is 5.35. The number of carbonyl (C=O) groups is 3. The molecule has 100 valence electrons. The molecule has 0 aromatic carbocycles. The van der Waals surface area contributed by atoms with Gasteiger partial charge >= 0.3 is 0 Å². The van der Waals surface area contributed by atoms with Crippen molar-refractivity contribution in [1.82, 2.24) is 10.6 Å². The quantitative estimate of drug-likeness (QED) is 0.424. The van der Waals surface area contributed by atoms with Crippen molar-refractivity contribution >= 4 is 17.7 Å². The van der Waals surface area contributed by atoms with Gasteiger partial charge in [0, 0.05) is 6.42 Å². The van der Waals surface area contributed by atoms with Crippen molar-refractivity contribution in [1.29, 1.82) is 0 Å². The van der Waals surface area contributed by atoms with Gasteiger partial charge in [0.15, 0.2) is 0 Å². The molecule has 1 aliphatic heterocycles. The summed E-state index contributed by atoms with van der Waals surface area (Å²) in [7, 11) is 0. The largest absolute Gasteiger partial charge is 0.368 e. The van der Waals surface area contributed by atoms with Gasteiger partial charge in [0.25, 0.3) is 0 Å². The molecule has 0 aromatic heterocycles. The summed E-state index contributed by atoms with van der Waals surface area (Å²) >= 11 is 0. The predicted octanol–water partition coefficient (Wildman–Crippen LogP) is -0.409. The van der Waals surface area contributed by atoms with E-state index in [0.717, 1.165) is 12.8 Å². The van der Waals surface area contributed by atoms with Gasteiger partial charge in [-0.15, -0.1) is 6.58 Å². The predicted molar refractivity (Wildman–Crippen MR) is 66.3 cm³/mol. The van der Waals surface area contributed by atoms with Gasteiger partial charge in [0.05, 0.1) is 0 Å². The summed E-state index contributed by atoms with van der Waals surface area (Å²) in [6.07, 6.45) is 4.53. The van der Waals surface area contributed by atoms with Crippen LogP contribution in [0.1, 0.15) is 32.1 Å². The first-order chi connectivity index (χ1) is 8.54. The van der Waals surface area contributed by atoms with Crippen molar-refractivity contribution in [3.8, 4) is 0 Å². The second-order valence-corrected chi connectivity index (χ2v) is 4.34. The van der Waals surface area contributed by atoms with E-state index in [1.165, 1.54) is 0 Å². The van der Waals surface area contributed by atoms with Crippen LogP contribution in [0, 0.1) is 0 Å².